The molecule has 9 atom stereocenters. The number of nitrogens with one attached hydrogen (secondary N) is 1. The zero-order valence-corrected chi connectivity index (χ0v) is 27.1. The van der Waals surface area contributed by atoms with Crippen LogP contribution in [-0.2, 0) is 57.1 Å². The maximum absolute atomic E-state index is 13.8. The standard InChI is InChI=1S/C30H49NO12/c1-16-14-30(38-11,43-18(3)17(16)2)26(41-21(6)34)27(35)31-28(37-10)23-13-25(40-20(5)33)29(7,8)24(42-23)12-22(36-9)15-39-19(4)32/h17-18,22-26,28H,1,12-15H2,2-11H3,(H,31,35). The van der Waals surface area contributed by atoms with Crippen molar-refractivity contribution in [2.45, 2.75) is 116 Å². The molecule has 2 aliphatic heterocycles. The van der Waals surface area contributed by atoms with Crippen LogP contribution in [0.25, 0.3) is 0 Å². The van der Waals surface area contributed by atoms with E-state index in [1.54, 1.807) is 0 Å². The molecular weight excluding hydrogens is 566 g/mol. The van der Waals surface area contributed by atoms with Gasteiger partial charge in [-0.3, -0.25) is 19.2 Å². The normalized spacial score (nSPS) is 30.8. The highest BCUT2D eigenvalue weighted by Gasteiger charge is 2.54. The SMILES string of the molecule is C=C1CC(OC)(C(OC(C)=O)C(=O)NC(OC)C2CC(OC(C)=O)C(C)(C)C(CC(COC(C)=O)OC)O2)OC(C)C1C. The minimum atomic E-state index is -1.63. The van der Waals surface area contributed by atoms with Crippen molar-refractivity contribution in [3.63, 3.8) is 0 Å². The highest BCUT2D eigenvalue weighted by atomic mass is 16.7. The fourth-order valence-electron chi connectivity index (χ4n) is 5.48. The molecule has 0 aliphatic carbocycles. The van der Waals surface area contributed by atoms with Gasteiger partial charge in [0.1, 0.15) is 18.8 Å². The molecule has 0 bridgehead atoms. The highest BCUT2D eigenvalue weighted by Crippen LogP contribution is 2.42. The molecule has 2 fully saturated rings. The predicted molar refractivity (Wildman–Crippen MR) is 152 cm³/mol. The van der Waals surface area contributed by atoms with Crippen molar-refractivity contribution in [1.29, 1.82) is 0 Å². The third-order valence-electron chi connectivity index (χ3n) is 8.39. The van der Waals surface area contributed by atoms with Crippen LogP contribution in [0.15, 0.2) is 12.2 Å². The van der Waals surface area contributed by atoms with E-state index >= 15 is 0 Å². The number of amides is 1. The Labute approximate surface area is 254 Å². The summed E-state index contributed by atoms with van der Waals surface area (Å²) in [4.78, 5) is 49.4. The zero-order valence-electron chi connectivity index (χ0n) is 27.1. The van der Waals surface area contributed by atoms with Crippen LogP contribution < -0.4 is 5.32 Å². The van der Waals surface area contributed by atoms with Crippen molar-refractivity contribution < 1.29 is 57.1 Å². The van der Waals surface area contributed by atoms with E-state index in [-0.39, 0.29) is 37.9 Å². The second kappa shape index (κ2) is 15.4. The number of carbonyl (C=O) groups excluding carboxylic acids is 4. The zero-order chi connectivity index (χ0) is 32.7. The number of methoxy groups -OCH3 is 3. The summed E-state index contributed by atoms with van der Waals surface area (Å²) in [5.74, 6) is -4.02. The van der Waals surface area contributed by atoms with Gasteiger partial charge in [-0.2, -0.15) is 0 Å². The van der Waals surface area contributed by atoms with Gasteiger partial charge in [0.2, 0.25) is 11.9 Å². The Bertz CT molecular complexity index is 1020. The topological polar surface area (TPSA) is 154 Å². The largest absolute Gasteiger partial charge is 0.463 e. The van der Waals surface area contributed by atoms with Crippen molar-refractivity contribution in [2.24, 2.45) is 11.3 Å². The maximum atomic E-state index is 13.8. The Kier molecular flexibility index (Phi) is 13.1. The molecule has 13 heteroatoms. The van der Waals surface area contributed by atoms with Crippen LogP contribution in [0.4, 0.5) is 0 Å². The molecule has 2 heterocycles. The number of rotatable bonds is 13. The van der Waals surface area contributed by atoms with Crippen LogP contribution in [0.1, 0.15) is 67.7 Å². The number of hydrogen-bond donors (Lipinski definition) is 1. The van der Waals surface area contributed by atoms with Gasteiger partial charge in [-0.15, -0.1) is 0 Å². The molecule has 0 spiro atoms. The molecular formula is C30H49NO12. The number of hydrogen-bond acceptors (Lipinski definition) is 12. The van der Waals surface area contributed by atoms with Crippen molar-refractivity contribution in [2.75, 3.05) is 27.9 Å². The van der Waals surface area contributed by atoms with Gasteiger partial charge < -0.3 is 43.2 Å². The van der Waals surface area contributed by atoms with E-state index in [0.29, 0.717) is 0 Å². The summed E-state index contributed by atoms with van der Waals surface area (Å²) in [5, 5.41) is 2.77. The number of esters is 3. The number of carbonyl (C=O) groups is 4. The van der Waals surface area contributed by atoms with Gasteiger partial charge in [0.15, 0.2) is 6.23 Å². The van der Waals surface area contributed by atoms with E-state index in [1.807, 2.05) is 27.7 Å². The first-order valence-electron chi connectivity index (χ1n) is 14.4. The first-order chi connectivity index (χ1) is 20.0. The Hall–Kier alpha value is -2.58. The molecule has 2 rings (SSSR count). The quantitative estimate of drug-likeness (QED) is 0.140. The fourth-order valence-corrected chi connectivity index (χ4v) is 5.48. The smallest absolute Gasteiger partial charge is 0.303 e. The molecule has 43 heavy (non-hydrogen) atoms. The Morgan fingerprint density at radius 2 is 1.67 bits per heavy atom. The lowest BCUT2D eigenvalue weighted by atomic mass is 9.74. The molecule has 13 nitrogen and oxygen atoms in total. The number of ether oxygens (including phenoxy) is 8. The molecule has 0 saturated carbocycles. The van der Waals surface area contributed by atoms with Gasteiger partial charge in [0.25, 0.3) is 5.91 Å². The third kappa shape index (κ3) is 9.21. The maximum Gasteiger partial charge on any atom is 0.303 e. The van der Waals surface area contributed by atoms with Gasteiger partial charge in [0, 0.05) is 72.7 Å². The molecule has 0 radical (unpaired) electrons. The summed E-state index contributed by atoms with van der Waals surface area (Å²) >= 11 is 0. The second-order valence-electron chi connectivity index (χ2n) is 11.8. The molecule has 1 amide bonds. The van der Waals surface area contributed by atoms with Crippen molar-refractivity contribution >= 4 is 23.8 Å². The summed E-state index contributed by atoms with van der Waals surface area (Å²) in [6, 6.07) is 0. The van der Waals surface area contributed by atoms with Crippen molar-refractivity contribution in [1.82, 2.24) is 5.32 Å². The molecule has 2 aliphatic rings. The summed E-state index contributed by atoms with van der Waals surface area (Å²) in [6.07, 6.45) is -4.90. The van der Waals surface area contributed by atoms with Crippen molar-refractivity contribution in [3.05, 3.63) is 12.2 Å². The third-order valence-corrected chi connectivity index (χ3v) is 8.39. The van der Waals surface area contributed by atoms with Crippen molar-refractivity contribution in [3.8, 4) is 0 Å². The first-order valence-corrected chi connectivity index (χ1v) is 14.4. The average molecular weight is 616 g/mol. The van der Waals surface area contributed by atoms with Crippen LogP contribution in [0.3, 0.4) is 0 Å². The molecule has 0 aromatic carbocycles. The Balaban J connectivity index is 2.38. The lowest BCUT2D eigenvalue weighted by molar-refractivity contribution is -0.300. The molecule has 0 aromatic heterocycles. The summed E-state index contributed by atoms with van der Waals surface area (Å²) in [7, 11) is 4.25. The lowest BCUT2D eigenvalue weighted by Gasteiger charge is -2.49. The van der Waals surface area contributed by atoms with Gasteiger partial charge in [-0.1, -0.05) is 32.9 Å². The fraction of sp³-hybridized carbons (Fsp3) is 0.800. The summed E-state index contributed by atoms with van der Waals surface area (Å²) in [6.45, 7) is 15.5. The van der Waals surface area contributed by atoms with E-state index < -0.39 is 71.8 Å². The Morgan fingerprint density at radius 3 is 2.16 bits per heavy atom. The summed E-state index contributed by atoms with van der Waals surface area (Å²) in [5.41, 5.74) is 0.0845. The van der Waals surface area contributed by atoms with E-state index in [1.165, 1.54) is 42.1 Å². The Morgan fingerprint density at radius 1 is 1.02 bits per heavy atom. The van der Waals surface area contributed by atoms with Gasteiger partial charge in [-0.25, -0.2) is 0 Å². The monoisotopic (exact) mass is 615 g/mol. The minimum Gasteiger partial charge on any atom is -0.463 e. The highest BCUT2D eigenvalue weighted by molar-refractivity contribution is 5.84. The van der Waals surface area contributed by atoms with E-state index in [4.69, 9.17) is 37.9 Å². The van der Waals surface area contributed by atoms with Gasteiger partial charge in [-0.05, 0) is 6.92 Å². The van der Waals surface area contributed by atoms with Crippen LogP contribution in [-0.4, -0.2) is 100 Å². The van der Waals surface area contributed by atoms with Gasteiger partial charge >= 0.3 is 17.9 Å². The van der Waals surface area contributed by atoms with Crippen LogP contribution in [0.5, 0.6) is 0 Å². The average Bonchev–Trinajstić information content (AvgIpc) is 2.92. The molecule has 2 saturated heterocycles. The molecule has 0 aromatic rings. The summed E-state index contributed by atoms with van der Waals surface area (Å²) < 4.78 is 45.9. The van der Waals surface area contributed by atoms with E-state index in [0.717, 1.165) is 5.57 Å². The van der Waals surface area contributed by atoms with Crippen LogP contribution >= 0.6 is 0 Å². The van der Waals surface area contributed by atoms with Gasteiger partial charge in [0.05, 0.1) is 18.3 Å². The minimum absolute atomic E-state index is 0.000607. The van der Waals surface area contributed by atoms with Crippen LogP contribution in [0, 0.1) is 11.3 Å². The van der Waals surface area contributed by atoms with E-state index in [2.05, 4.69) is 11.9 Å². The van der Waals surface area contributed by atoms with E-state index in [9.17, 15) is 19.2 Å². The molecule has 9 unspecified atom stereocenters. The first kappa shape index (κ1) is 36.6. The molecule has 1 N–H and O–H groups in total. The molecule has 246 valence electrons. The van der Waals surface area contributed by atoms with Crippen LogP contribution in [0.2, 0.25) is 0 Å². The predicted octanol–water partition coefficient (Wildman–Crippen LogP) is 2.43. The lowest BCUT2D eigenvalue weighted by Crippen LogP contribution is -2.63. The second-order valence-corrected chi connectivity index (χ2v) is 11.8.